The van der Waals surface area contributed by atoms with E-state index >= 15 is 0 Å². The third kappa shape index (κ3) is 5.17. The summed E-state index contributed by atoms with van der Waals surface area (Å²) in [5, 5.41) is 13.2. The second kappa shape index (κ2) is 8.25. The minimum absolute atomic E-state index is 0.451. The number of benzene rings is 1. The molecule has 0 aliphatic heterocycles. The van der Waals surface area contributed by atoms with Crippen LogP contribution in [-0.4, -0.2) is 31.4 Å². The number of ether oxygens (including phenoxy) is 1. The topological polar surface area (TPSA) is 41.5 Å². The van der Waals surface area contributed by atoms with Crippen molar-refractivity contribution in [3.8, 4) is 0 Å². The highest BCUT2D eigenvalue weighted by Crippen LogP contribution is 2.18. The van der Waals surface area contributed by atoms with Gasteiger partial charge in [0.15, 0.2) is 0 Å². The third-order valence-electron chi connectivity index (χ3n) is 2.95. The van der Waals surface area contributed by atoms with Gasteiger partial charge in [-0.15, -0.1) is 0 Å². The predicted octanol–water partition coefficient (Wildman–Crippen LogP) is 2.47. The first-order chi connectivity index (χ1) is 8.65. The Labute approximate surface area is 110 Å². The van der Waals surface area contributed by atoms with E-state index in [1.165, 1.54) is 5.56 Å². The number of aliphatic hydroxyl groups is 1. The molecule has 102 valence electrons. The van der Waals surface area contributed by atoms with Gasteiger partial charge in [-0.05, 0) is 24.0 Å². The van der Waals surface area contributed by atoms with Crippen LogP contribution in [0.5, 0.6) is 0 Å². The summed E-state index contributed by atoms with van der Waals surface area (Å²) in [5.74, 6) is 0.528. The Kier molecular flexibility index (Phi) is 6.94. The Balaban J connectivity index is 2.34. The molecular formula is C15H25NO2. The van der Waals surface area contributed by atoms with Crippen molar-refractivity contribution in [1.29, 1.82) is 0 Å². The zero-order valence-electron chi connectivity index (χ0n) is 11.6. The van der Waals surface area contributed by atoms with Crippen molar-refractivity contribution in [3.63, 3.8) is 0 Å². The Morgan fingerprint density at radius 2 is 1.78 bits per heavy atom. The van der Waals surface area contributed by atoms with Crippen molar-refractivity contribution in [1.82, 2.24) is 5.32 Å². The Hall–Kier alpha value is -0.900. The van der Waals surface area contributed by atoms with E-state index < -0.39 is 6.10 Å². The maximum absolute atomic E-state index is 10.0. The van der Waals surface area contributed by atoms with Gasteiger partial charge >= 0.3 is 0 Å². The minimum Gasteiger partial charge on any atom is -0.387 e. The molecule has 0 radical (unpaired) electrons. The molecule has 1 unspecified atom stereocenters. The lowest BCUT2D eigenvalue weighted by molar-refractivity contribution is 0.138. The van der Waals surface area contributed by atoms with Gasteiger partial charge in [-0.25, -0.2) is 0 Å². The summed E-state index contributed by atoms with van der Waals surface area (Å²) in [5.41, 5.74) is 2.26. The molecule has 3 heteroatoms. The van der Waals surface area contributed by atoms with Gasteiger partial charge in [-0.1, -0.05) is 38.1 Å². The highest BCUT2D eigenvalue weighted by molar-refractivity contribution is 5.26. The summed E-state index contributed by atoms with van der Waals surface area (Å²) in [6.45, 7) is 9.08. The minimum atomic E-state index is -0.451. The standard InChI is InChI=1S/C15H25NO2/c1-4-18-10-9-16-11-15(17)14-7-5-13(6-8-14)12(2)3/h5-8,12,15-17H,4,9-11H2,1-3H3. The molecule has 0 heterocycles. The Bertz CT molecular complexity index is 322. The van der Waals surface area contributed by atoms with Gasteiger partial charge in [0.1, 0.15) is 0 Å². The van der Waals surface area contributed by atoms with Crippen LogP contribution in [0.15, 0.2) is 24.3 Å². The van der Waals surface area contributed by atoms with Crippen LogP contribution in [0.4, 0.5) is 0 Å². The van der Waals surface area contributed by atoms with Crippen LogP contribution in [0.1, 0.15) is 43.9 Å². The second-order valence-corrected chi connectivity index (χ2v) is 4.74. The first kappa shape index (κ1) is 15.2. The monoisotopic (exact) mass is 251 g/mol. The Morgan fingerprint density at radius 3 is 2.33 bits per heavy atom. The molecular weight excluding hydrogens is 226 g/mol. The van der Waals surface area contributed by atoms with E-state index in [9.17, 15) is 5.11 Å². The molecule has 18 heavy (non-hydrogen) atoms. The number of rotatable bonds is 8. The van der Waals surface area contributed by atoms with E-state index in [1.807, 2.05) is 19.1 Å². The highest BCUT2D eigenvalue weighted by Gasteiger charge is 2.07. The molecule has 1 rings (SSSR count). The van der Waals surface area contributed by atoms with Gasteiger partial charge in [0.2, 0.25) is 0 Å². The number of aliphatic hydroxyl groups excluding tert-OH is 1. The van der Waals surface area contributed by atoms with Crippen molar-refractivity contribution in [3.05, 3.63) is 35.4 Å². The highest BCUT2D eigenvalue weighted by atomic mass is 16.5. The van der Waals surface area contributed by atoms with Crippen LogP contribution in [0.25, 0.3) is 0 Å². The molecule has 0 aromatic heterocycles. The zero-order valence-corrected chi connectivity index (χ0v) is 11.6. The number of hydrogen-bond donors (Lipinski definition) is 2. The molecule has 0 saturated heterocycles. The average Bonchev–Trinajstić information content (AvgIpc) is 2.38. The normalized spacial score (nSPS) is 12.9. The van der Waals surface area contributed by atoms with Gasteiger partial charge in [0, 0.05) is 19.7 Å². The molecule has 1 atom stereocenters. The third-order valence-corrected chi connectivity index (χ3v) is 2.95. The number of nitrogens with one attached hydrogen (secondary N) is 1. The molecule has 0 aliphatic rings. The van der Waals surface area contributed by atoms with E-state index in [1.54, 1.807) is 0 Å². The summed E-state index contributed by atoms with van der Waals surface area (Å²) in [4.78, 5) is 0. The molecule has 0 bridgehead atoms. The average molecular weight is 251 g/mol. The van der Waals surface area contributed by atoms with E-state index in [-0.39, 0.29) is 0 Å². The second-order valence-electron chi connectivity index (χ2n) is 4.74. The van der Waals surface area contributed by atoms with Gasteiger partial charge in [-0.3, -0.25) is 0 Å². The van der Waals surface area contributed by atoms with Crippen molar-refractivity contribution in [2.45, 2.75) is 32.8 Å². The van der Waals surface area contributed by atoms with Crippen molar-refractivity contribution in [2.75, 3.05) is 26.3 Å². The van der Waals surface area contributed by atoms with Gasteiger partial charge < -0.3 is 15.2 Å². The molecule has 1 aromatic rings. The molecule has 0 amide bonds. The lowest BCUT2D eigenvalue weighted by Gasteiger charge is -2.13. The first-order valence-corrected chi connectivity index (χ1v) is 6.71. The van der Waals surface area contributed by atoms with E-state index in [4.69, 9.17) is 4.74 Å². The lowest BCUT2D eigenvalue weighted by Crippen LogP contribution is -2.25. The van der Waals surface area contributed by atoms with Crippen molar-refractivity contribution in [2.24, 2.45) is 0 Å². The molecule has 0 spiro atoms. The van der Waals surface area contributed by atoms with Crippen LogP contribution in [0, 0.1) is 0 Å². The zero-order chi connectivity index (χ0) is 13.4. The van der Waals surface area contributed by atoms with E-state index in [0.29, 0.717) is 19.1 Å². The van der Waals surface area contributed by atoms with Crippen LogP contribution >= 0.6 is 0 Å². The lowest BCUT2D eigenvalue weighted by atomic mass is 10.00. The van der Waals surface area contributed by atoms with Gasteiger partial charge in [0.05, 0.1) is 12.7 Å². The summed E-state index contributed by atoms with van der Waals surface area (Å²) >= 11 is 0. The summed E-state index contributed by atoms with van der Waals surface area (Å²) < 4.78 is 5.22. The molecule has 1 aromatic carbocycles. The maximum Gasteiger partial charge on any atom is 0.0914 e. The smallest absolute Gasteiger partial charge is 0.0914 e. The first-order valence-electron chi connectivity index (χ1n) is 6.71. The van der Waals surface area contributed by atoms with E-state index in [2.05, 4.69) is 31.3 Å². The summed E-state index contributed by atoms with van der Waals surface area (Å²) in [7, 11) is 0. The molecule has 0 fully saturated rings. The van der Waals surface area contributed by atoms with Crippen LogP contribution in [0.2, 0.25) is 0 Å². The SMILES string of the molecule is CCOCCNCC(O)c1ccc(C(C)C)cc1. The van der Waals surface area contributed by atoms with Gasteiger partial charge in [0.25, 0.3) is 0 Å². The van der Waals surface area contributed by atoms with Crippen molar-refractivity contribution >= 4 is 0 Å². The molecule has 2 N–H and O–H groups in total. The fourth-order valence-corrected chi connectivity index (χ4v) is 1.75. The molecule has 0 aliphatic carbocycles. The largest absolute Gasteiger partial charge is 0.387 e. The molecule has 3 nitrogen and oxygen atoms in total. The summed E-state index contributed by atoms with van der Waals surface area (Å²) in [6, 6.07) is 8.18. The fourth-order valence-electron chi connectivity index (χ4n) is 1.75. The quantitative estimate of drug-likeness (QED) is 0.697. The fraction of sp³-hybridized carbons (Fsp3) is 0.600. The van der Waals surface area contributed by atoms with Gasteiger partial charge in [-0.2, -0.15) is 0 Å². The van der Waals surface area contributed by atoms with Crippen LogP contribution in [-0.2, 0) is 4.74 Å². The maximum atomic E-state index is 10.0. The van der Waals surface area contributed by atoms with Crippen molar-refractivity contribution < 1.29 is 9.84 Å². The Morgan fingerprint density at radius 1 is 1.17 bits per heavy atom. The summed E-state index contributed by atoms with van der Waals surface area (Å²) in [6.07, 6.45) is -0.451. The number of hydrogen-bond acceptors (Lipinski definition) is 3. The van der Waals surface area contributed by atoms with Crippen LogP contribution < -0.4 is 5.32 Å². The molecule has 0 saturated carbocycles. The predicted molar refractivity (Wildman–Crippen MR) is 74.9 cm³/mol. The van der Waals surface area contributed by atoms with Crippen LogP contribution in [0.3, 0.4) is 0 Å². The van der Waals surface area contributed by atoms with E-state index in [0.717, 1.165) is 18.7 Å².